The van der Waals surface area contributed by atoms with Gasteiger partial charge in [0.1, 0.15) is 11.8 Å². The number of phenolic OH excluding ortho intramolecular Hbond substituents is 1. The molecule has 158 valence electrons. The van der Waals surface area contributed by atoms with E-state index in [9.17, 15) is 19.5 Å². The fraction of sp³-hybridized carbons (Fsp3) is 0.476. The van der Waals surface area contributed by atoms with Gasteiger partial charge in [0.25, 0.3) is 0 Å². The van der Waals surface area contributed by atoms with E-state index < -0.39 is 23.8 Å². The van der Waals surface area contributed by atoms with E-state index in [-0.39, 0.29) is 12.2 Å². The van der Waals surface area contributed by atoms with Crippen molar-refractivity contribution in [2.45, 2.75) is 51.0 Å². The molecule has 0 heterocycles. The number of aromatic hydroxyl groups is 1. The topological polar surface area (TPSA) is 128 Å². The number of allylic oxidation sites excluding steroid dienone is 1. The van der Waals surface area contributed by atoms with Gasteiger partial charge in [0.15, 0.2) is 0 Å². The molecule has 3 amide bonds. The maximum atomic E-state index is 12.4. The van der Waals surface area contributed by atoms with Crippen molar-refractivity contribution in [1.29, 1.82) is 0 Å². The maximum Gasteiger partial charge on any atom is 0.245 e. The maximum absolute atomic E-state index is 12.4. The van der Waals surface area contributed by atoms with Crippen molar-refractivity contribution in [3.05, 3.63) is 42.0 Å². The molecule has 1 saturated carbocycles. The molecular formula is C21H29N3O5. The first-order valence-electron chi connectivity index (χ1n) is 9.93. The number of phenols is 1. The fourth-order valence-electron chi connectivity index (χ4n) is 3.39. The van der Waals surface area contributed by atoms with Gasteiger partial charge >= 0.3 is 0 Å². The Morgan fingerprint density at radius 1 is 1.14 bits per heavy atom. The molecule has 1 aliphatic carbocycles. The van der Waals surface area contributed by atoms with Gasteiger partial charge in [0.2, 0.25) is 17.7 Å². The first-order valence-corrected chi connectivity index (χ1v) is 9.93. The van der Waals surface area contributed by atoms with Crippen LogP contribution >= 0.6 is 0 Å². The van der Waals surface area contributed by atoms with Gasteiger partial charge in [-0.15, -0.1) is 0 Å². The summed E-state index contributed by atoms with van der Waals surface area (Å²) in [7, 11) is 0. The van der Waals surface area contributed by atoms with Crippen LogP contribution in [-0.4, -0.2) is 40.6 Å². The summed E-state index contributed by atoms with van der Waals surface area (Å²) in [6.07, 6.45) is 8.99. The molecule has 0 aliphatic heterocycles. The molecule has 0 bridgehead atoms. The van der Waals surface area contributed by atoms with Crippen molar-refractivity contribution >= 4 is 17.7 Å². The summed E-state index contributed by atoms with van der Waals surface area (Å²) in [6.45, 7) is 0.300. The predicted octanol–water partition coefficient (Wildman–Crippen LogP) is 1.57. The van der Waals surface area contributed by atoms with Crippen LogP contribution in [-0.2, 0) is 20.8 Å². The third-order valence-corrected chi connectivity index (χ3v) is 5.01. The Bertz CT molecular complexity index is 712. The van der Waals surface area contributed by atoms with E-state index in [0.717, 1.165) is 12.0 Å². The van der Waals surface area contributed by atoms with Crippen molar-refractivity contribution < 1.29 is 24.7 Å². The largest absolute Gasteiger partial charge is 0.508 e. The van der Waals surface area contributed by atoms with Gasteiger partial charge in [-0.2, -0.15) is 0 Å². The molecule has 0 saturated heterocycles. The van der Waals surface area contributed by atoms with Gasteiger partial charge in [-0.3, -0.25) is 19.6 Å². The Kier molecular flexibility index (Phi) is 9.17. The van der Waals surface area contributed by atoms with Gasteiger partial charge in [0.05, 0.1) is 6.42 Å². The van der Waals surface area contributed by atoms with Gasteiger partial charge in [-0.1, -0.05) is 43.9 Å². The number of rotatable bonds is 10. The van der Waals surface area contributed by atoms with Crippen LogP contribution in [0.15, 0.2) is 36.4 Å². The molecule has 0 aromatic heterocycles. The number of carbonyl (C=O) groups excluding carboxylic acids is 3. The quantitative estimate of drug-likeness (QED) is 0.230. The molecule has 1 atom stereocenters. The van der Waals surface area contributed by atoms with Crippen LogP contribution in [0.5, 0.6) is 5.75 Å². The average molecular weight is 403 g/mol. The minimum atomic E-state index is -1.09. The molecule has 1 fully saturated rings. The van der Waals surface area contributed by atoms with E-state index in [1.54, 1.807) is 30.3 Å². The number of carbonyl (C=O) groups is 3. The molecule has 0 unspecified atom stereocenters. The fourth-order valence-corrected chi connectivity index (χ4v) is 3.39. The number of hydrogen-bond donors (Lipinski definition) is 5. The molecular weight excluding hydrogens is 374 g/mol. The summed E-state index contributed by atoms with van der Waals surface area (Å²) in [5.74, 6) is -0.953. The summed E-state index contributed by atoms with van der Waals surface area (Å²) >= 11 is 0. The van der Waals surface area contributed by atoms with E-state index in [1.807, 2.05) is 0 Å². The van der Waals surface area contributed by atoms with Crippen LogP contribution in [0.4, 0.5) is 0 Å². The summed E-state index contributed by atoms with van der Waals surface area (Å²) < 4.78 is 0. The normalized spacial score (nSPS) is 15.2. The molecule has 1 aromatic carbocycles. The second kappa shape index (κ2) is 11.9. The zero-order valence-corrected chi connectivity index (χ0v) is 16.4. The Morgan fingerprint density at radius 2 is 1.83 bits per heavy atom. The van der Waals surface area contributed by atoms with Crippen molar-refractivity contribution in [3.63, 3.8) is 0 Å². The standard InChI is InChI=1S/C21H29N3O5/c25-17-10-8-16(9-11-17)12-13-22-21(28)18(14-20(27)24-29)23-19(26)7-3-6-15-4-1-2-5-15/h3,7-11,15,18,25,29H,1-2,4-6,12-14H2,(H,22,28)(H,23,26)(H,24,27)/b7-3+/t18-/m1/s1. The minimum Gasteiger partial charge on any atom is -0.508 e. The van der Waals surface area contributed by atoms with Crippen molar-refractivity contribution in [2.75, 3.05) is 6.54 Å². The lowest BCUT2D eigenvalue weighted by Gasteiger charge is -2.17. The Balaban J connectivity index is 1.83. The number of hydroxylamine groups is 1. The lowest BCUT2D eigenvalue weighted by molar-refractivity contribution is -0.134. The minimum absolute atomic E-state index is 0.163. The van der Waals surface area contributed by atoms with Crippen molar-refractivity contribution in [3.8, 4) is 5.75 Å². The molecule has 1 aliphatic rings. The molecule has 5 N–H and O–H groups in total. The number of hydrogen-bond acceptors (Lipinski definition) is 5. The Morgan fingerprint density at radius 3 is 2.48 bits per heavy atom. The highest BCUT2D eigenvalue weighted by atomic mass is 16.5. The summed E-state index contributed by atoms with van der Waals surface area (Å²) in [4.78, 5) is 36.0. The second-order valence-electron chi connectivity index (χ2n) is 7.30. The lowest BCUT2D eigenvalue weighted by atomic mass is 10.0. The van der Waals surface area contributed by atoms with Crippen LogP contribution in [0.25, 0.3) is 0 Å². The summed E-state index contributed by atoms with van der Waals surface area (Å²) in [5, 5.41) is 23.2. The van der Waals surface area contributed by atoms with Gasteiger partial charge in [-0.05, 0) is 42.5 Å². The third kappa shape index (κ3) is 8.35. The number of nitrogens with one attached hydrogen (secondary N) is 3. The van der Waals surface area contributed by atoms with E-state index in [2.05, 4.69) is 10.6 Å². The SMILES string of the molecule is O=C(/C=C/CC1CCCC1)N[C@H](CC(=O)NO)C(=O)NCCc1ccc(O)cc1. The summed E-state index contributed by atoms with van der Waals surface area (Å²) in [5.41, 5.74) is 2.40. The molecule has 8 heteroatoms. The molecule has 2 rings (SSSR count). The molecule has 1 aromatic rings. The Labute approximate surface area is 170 Å². The highest BCUT2D eigenvalue weighted by Gasteiger charge is 2.23. The molecule has 29 heavy (non-hydrogen) atoms. The highest BCUT2D eigenvalue weighted by Crippen LogP contribution is 2.27. The molecule has 8 nitrogen and oxygen atoms in total. The van der Waals surface area contributed by atoms with Crippen LogP contribution < -0.4 is 16.1 Å². The third-order valence-electron chi connectivity index (χ3n) is 5.01. The van der Waals surface area contributed by atoms with E-state index in [1.165, 1.54) is 37.2 Å². The molecule has 0 radical (unpaired) electrons. The van der Waals surface area contributed by atoms with Gasteiger partial charge in [0, 0.05) is 6.54 Å². The van der Waals surface area contributed by atoms with Crippen molar-refractivity contribution in [2.24, 2.45) is 5.92 Å². The second-order valence-corrected chi connectivity index (χ2v) is 7.30. The van der Waals surface area contributed by atoms with Crippen LogP contribution in [0.2, 0.25) is 0 Å². The summed E-state index contributed by atoms with van der Waals surface area (Å²) in [6, 6.07) is 5.52. The smallest absolute Gasteiger partial charge is 0.245 e. The number of benzene rings is 1. The van der Waals surface area contributed by atoms with Crippen molar-refractivity contribution in [1.82, 2.24) is 16.1 Å². The van der Waals surface area contributed by atoms with E-state index >= 15 is 0 Å². The zero-order valence-electron chi connectivity index (χ0n) is 16.4. The zero-order chi connectivity index (χ0) is 21.1. The number of amides is 3. The highest BCUT2D eigenvalue weighted by molar-refractivity contribution is 5.95. The van der Waals surface area contributed by atoms with Crippen LogP contribution in [0.3, 0.4) is 0 Å². The average Bonchev–Trinajstić information content (AvgIpc) is 3.22. The van der Waals surface area contributed by atoms with Crippen LogP contribution in [0, 0.1) is 5.92 Å². The first-order chi connectivity index (χ1) is 14.0. The monoisotopic (exact) mass is 403 g/mol. The van der Waals surface area contributed by atoms with E-state index in [0.29, 0.717) is 18.9 Å². The van der Waals surface area contributed by atoms with Gasteiger partial charge in [-0.25, -0.2) is 5.48 Å². The predicted molar refractivity (Wildman–Crippen MR) is 107 cm³/mol. The van der Waals surface area contributed by atoms with Crippen LogP contribution in [0.1, 0.15) is 44.1 Å². The first kappa shape index (κ1) is 22.4. The lowest BCUT2D eigenvalue weighted by Crippen LogP contribution is -2.48. The van der Waals surface area contributed by atoms with Gasteiger partial charge < -0.3 is 15.7 Å². The van der Waals surface area contributed by atoms with E-state index in [4.69, 9.17) is 5.21 Å². The molecule has 0 spiro atoms. The Hall–Kier alpha value is -2.87.